The number of carbonyl (C=O) groups excluding carboxylic acids is 1. The van der Waals surface area contributed by atoms with Gasteiger partial charge in [0.05, 0.1) is 6.10 Å². The van der Waals surface area contributed by atoms with E-state index in [4.69, 9.17) is 10.5 Å². The molecule has 1 fully saturated rings. The van der Waals surface area contributed by atoms with Gasteiger partial charge in [0.15, 0.2) is 0 Å². The molecule has 1 saturated heterocycles. The summed E-state index contributed by atoms with van der Waals surface area (Å²) in [5, 5.41) is 2.05. The lowest BCUT2D eigenvalue weighted by Crippen LogP contribution is -2.51. The van der Waals surface area contributed by atoms with E-state index in [1.54, 1.807) is 18.4 Å². The van der Waals surface area contributed by atoms with Gasteiger partial charge in [0.1, 0.15) is 0 Å². The molecule has 1 aromatic heterocycles. The number of hydrogen-bond donors (Lipinski definition) is 1. The lowest BCUT2D eigenvalue weighted by atomic mass is 9.98. The molecule has 0 radical (unpaired) electrons. The molecule has 0 spiro atoms. The van der Waals surface area contributed by atoms with Crippen LogP contribution in [0.1, 0.15) is 24.1 Å². The number of methoxy groups -OCH3 is 1. The number of halogens is 1. The average molecular weight is 319 g/mol. The number of carbonyl (C=O) groups is 1. The smallest absolute Gasteiger partial charge is 0.223 e. The van der Waals surface area contributed by atoms with Crippen molar-refractivity contribution in [1.82, 2.24) is 4.90 Å². The molecule has 114 valence electrons. The summed E-state index contributed by atoms with van der Waals surface area (Å²) in [6, 6.07) is 4.24. The number of likely N-dealkylation sites (tertiary alicyclic amines) is 1. The number of aryl methyl sites for hydroxylation is 1. The first-order valence-electron chi connectivity index (χ1n) is 6.79. The molecule has 2 unspecified atom stereocenters. The highest BCUT2D eigenvalue weighted by Gasteiger charge is 2.30. The first-order chi connectivity index (χ1) is 9.24. The lowest BCUT2D eigenvalue weighted by molar-refractivity contribution is -0.136. The normalized spacial score (nSPS) is 22.4. The zero-order valence-corrected chi connectivity index (χ0v) is 13.4. The monoisotopic (exact) mass is 318 g/mol. The first kappa shape index (κ1) is 17.4. The van der Waals surface area contributed by atoms with Crippen molar-refractivity contribution in [2.75, 3.05) is 20.2 Å². The second-order valence-electron chi connectivity index (χ2n) is 4.94. The summed E-state index contributed by atoms with van der Waals surface area (Å²) in [6.07, 6.45) is 3.43. The van der Waals surface area contributed by atoms with Gasteiger partial charge in [-0.3, -0.25) is 4.79 Å². The molecule has 20 heavy (non-hydrogen) atoms. The quantitative estimate of drug-likeness (QED) is 0.904. The van der Waals surface area contributed by atoms with Crippen molar-refractivity contribution in [3.05, 3.63) is 22.4 Å². The Bertz CT molecular complexity index is 400. The van der Waals surface area contributed by atoms with E-state index in [0.717, 1.165) is 25.8 Å². The molecule has 2 heterocycles. The van der Waals surface area contributed by atoms with Gasteiger partial charge in [-0.1, -0.05) is 6.07 Å². The highest BCUT2D eigenvalue weighted by Crippen LogP contribution is 2.21. The Kier molecular flexibility index (Phi) is 7.51. The number of rotatable bonds is 5. The Hall–Kier alpha value is -0.620. The summed E-state index contributed by atoms with van der Waals surface area (Å²) in [6.45, 7) is 1.29. The summed E-state index contributed by atoms with van der Waals surface area (Å²) in [4.78, 5) is 15.5. The van der Waals surface area contributed by atoms with Crippen molar-refractivity contribution in [1.29, 1.82) is 0 Å². The molecule has 0 bridgehead atoms. The molecular weight excluding hydrogens is 296 g/mol. The summed E-state index contributed by atoms with van der Waals surface area (Å²) in [5.41, 5.74) is 5.79. The van der Waals surface area contributed by atoms with Gasteiger partial charge in [0.2, 0.25) is 5.91 Å². The van der Waals surface area contributed by atoms with Gasteiger partial charge >= 0.3 is 0 Å². The van der Waals surface area contributed by atoms with E-state index in [1.165, 1.54) is 4.88 Å². The third kappa shape index (κ3) is 4.45. The van der Waals surface area contributed by atoms with Gasteiger partial charge in [0, 0.05) is 37.5 Å². The number of ether oxygens (including phenoxy) is 1. The van der Waals surface area contributed by atoms with Crippen LogP contribution in [-0.2, 0) is 16.0 Å². The highest BCUT2D eigenvalue weighted by molar-refractivity contribution is 7.09. The van der Waals surface area contributed by atoms with E-state index in [0.29, 0.717) is 13.0 Å². The first-order valence-corrected chi connectivity index (χ1v) is 7.67. The van der Waals surface area contributed by atoms with Crippen molar-refractivity contribution in [2.24, 2.45) is 5.73 Å². The van der Waals surface area contributed by atoms with Crippen LogP contribution in [0.25, 0.3) is 0 Å². The minimum Gasteiger partial charge on any atom is -0.381 e. The largest absolute Gasteiger partial charge is 0.381 e. The van der Waals surface area contributed by atoms with E-state index < -0.39 is 0 Å². The fourth-order valence-electron chi connectivity index (χ4n) is 2.61. The average Bonchev–Trinajstić information content (AvgIpc) is 2.97. The standard InChI is InChI=1S/C14H22N2O2S.ClH/c1-18-12-6-7-16(11(9-12)10-15)14(17)5-4-13-3-2-8-19-13;/h2-3,8,11-12H,4-7,9-10,15H2,1H3;1H. The molecular formula is C14H23ClN2O2S. The van der Waals surface area contributed by atoms with Crippen LogP contribution in [0.3, 0.4) is 0 Å². The van der Waals surface area contributed by atoms with Gasteiger partial charge in [0.25, 0.3) is 0 Å². The SMILES string of the molecule is COC1CCN(C(=O)CCc2cccs2)C(CN)C1.Cl. The van der Waals surface area contributed by atoms with Gasteiger partial charge < -0.3 is 15.4 Å². The van der Waals surface area contributed by atoms with Gasteiger partial charge in [-0.15, -0.1) is 23.7 Å². The van der Waals surface area contributed by atoms with E-state index in [-0.39, 0.29) is 30.5 Å². The van der Waals surface area contributed by atoms with Crippen LogP contribution in [-0.4, -0.2) is 43.2 Å². The maximum atomic E-state index is 12.3. The third-order valence-corrected chi connectivity index (χ3v) is 4.70. The van der Waals surface area contributed by atoms with Crippen LogP contribution in [0.15, 0.2) is 17.5 Å². The topological polar surface area (TPSA) is 55.6 Å². The van der Waals surface area contributed by atoms with Crippen molar-refractivity contribution in [3.63, 3.8) is 0 Å². The van der Waals surface area contributed by atoms with Gasteiger partial charge in [-0.25, -0.2) is 0 Å². The second-order valence-corrected chi connectivity index (χ2v) is 5.97. The Morgan fingerprint density at radius 3 is 3.00 bits per heavy atom. The number of piperidine rings is 1. The number of nitrogens with two attached hydrogens (primary N) is 1. The molecule has 1 aliphatic rings. The van der Waals surface area contributed by atoms with Crippen LogP contribution >= 0.6 is 23.7 Å². The number of nitrogens with zero attached hydrogens (tertiary/aromatic N) is 1. The summed E-state index contributed by atoms with van der Waals surface area (Å²) in [7, 11) is 1.73. The van der Waals surface area contributed by atoms with Crippen LogP contribution < -0.4 is 5.73 Å². The maximum absolute atomic E-state index is 12.3. The fraction of sp³-hybridized carbons (Fsp3) is 0.643. The molecule has 6 heteroatoms. The number of thiophene rings is 1. The van der Waals surface area contributed by atoms with E-state index >= 15 is 0 Å². The summed E-state index contributed by atoms with van der Waals surface area (Å²) in [5.74, 6) is 0.221. The van der Waals surface area contributed by atoms with Gasteiger partial charge in [-0.05, 0) is 30.7 Å². The van der Waals surface area contributed by atoms with Crippen molar-refractivity contribution >= 4 is 29.7 Å². The minimum atomic E-state index is 0. The zero-order chi connectivity index (χ0) is 13.7. The Morgan fingerprint density at radius 2 is 2.40 bits per heavy atom. The Labute approximate surface area is 130 Å². The predicted molar refractivity (Wildman–Crippen MR) is 84.5 cm³/mol. The van der Waals surface area contributed by atoms with Crippen LogP contribution in [0.5, 0.6) is 0 Å². The van der Waals surface area contributed by atoms with Crippen LogP contribution in [0, 0.1) is 0 Å². The molecule has 2 rings (SSSR count). The lowest BCUT2D eigenvalue weighted by Gasteiger charge is -2.38. The highest BCUT2D eigenvalue weighted by atomic mass is 35.5. The third-order valence-electron chi connectivity index (χ3n) is 3.76. The molecule has 4 nitrogen and oxygen atoms in total. The molecule has 1 aromatic rings. The number of amides is 1. The minimum absolute atomic E-state index is 0. The van der Waals surface area contributed by atoms with Crippen LogP contribution in [0.2, 0.25) is 0 Å². The molecule has 1 amide bonds. The zero-order valence-electron chi connectivity index (χ0n) is 11.8. The fourth-order valence-corrected chi connectivity index (χ4v) is 3.32. The van der Waals surface area contributed by atoms with Gasteiger partial charge in [-0.2, -0.15) is 0 Å². The Balaban J connectivity index is 0.00000200. The molecule has 0 aliphatic carbocycles. The molecule has 2 N–H and O–H groups in total. The maximum Gasteiger partial charge on any atom is 0.223 e. The van der Waals surface area contributed by atoms with E-state index in [1.807, 2.05) is 16.3 Å². The molecule has 0 aromatic carbocycles. The molecule has 2 atom stereocenters. The second kappa shape index (κ2) is 8.62. The van der Waals surface area contributed by atoms with E-state index in [2.05, 4.69) is 6.07 Å². The summed E-state index contributed by atoms with van der Waals surface area (Å²) < 4.78 is 5.38. The molecule has 1 aliphatic heterocycles. The van der Waals surface area contributed by atoms with Crippen molar-refractivity contribution in [2.45, 2.75) is 37.8 Å². The molecule has 0 saturated carbocycles. The van der Waals surface area contributed by atoms with Crippen molar-refractivity contribution in [3.8, 4) is 0 Å². The summed E-state index contributed by atoms with van der Waals surface area (Å²) >= 11 is 1.71. The number of hydrogen-bond acceptors (Lipinski definition) is 4. The van der Waals surface area contributed by atoms with Crippen LogP contribution in [0.4, 0.5) is 0 Å². The Morgan fingerprint density at radius 1 is 1.60 bits per heavy atom. The predicted octanol–water partition coefficient (Wildman–Crippen LogP) is 2.07. The van der Waals surface area contributed by atoms with E-state index in [9.17, 15) is 4.79 Å². The van der Waals surface area contributed by atoms with Crippen molar-refractivity contribution < 1.29 is 9.53 Å².